The molecule has 0 aliphatic heterocycles. The molecule has 5 nitrogen and oxygen atoms in total. The van der Waals surface area contributed by atoms with Gasteiger partial charge in [0, 0.05) is 16.0 Å². The molecule has 0 radical (unpaired) electrons. The van der Waals surface area contributed by atoms with Gasteiger partial charge in [-0.3, -0.25) is 4.99 Å². The normalized spacial score (nSPS) is 12.0. The van der Waals surface area contributed by atoms with Gasteiger partial charge in [-0.1, -0.05) is 56.8 Å². The molecule has 0 aliphatic carbocycles. The van der Waals surface area contributed by atoms with Crippen LogP contribution in [0.3, 0.4) is 0 Å². The molecule has 0 N–H and O–H groups in total. The molecule has 0 amide bonds. The van der Waals surface area contributed by atoms with Crippen LogP contribution in [-0.4, -0.2) is 18.9 Å². The van der Waals surface area contributed by atoms with Gasteiger partial charge in [0.05, 0.1) is 33.4 Å². The van der Waals surface area contributed by atoms with Crippen molar-refractivity contribution in [1.29, 1.82) is 0 Å². The third kappa shape index (κ3) is 6.76. The van der Waals surface area contributed by atoms with E-state index in [4.69, 9.17) is 39.2 Å². The van der Waals surface area contributed by atoms with Crippen LogP contribution in [0.15, 0.2) is 97.6 Å². The summed E-state index contributed by atoms with van der Waals surface area (Å²) in [5.74, 6) is 0.959. The molecule has 180 valence electrons. The second kappa shape index (κ2) is 11.3. The molecule has 0 saturated heterocycles. The first-order valence-corrected chi connectivity index (χ1v) is 13.7. The summed E-state index contributed by atoms with van der Waals surface area (Å²) in [7, 11) is -3.89. The van der Waals surface area contributed by atoms with E-state index in [1.54, 1.807) is 36.5 Å². The molecule has 0 saturated carbocycles. The molecule has 35 heavy (non-hydrogen) atoms. The number of hydrogen-bond acceptors (Lipinski definition) is 4. The zero-order valence-electron chi connectivity index (χ0n) is 18.0. The van der Waals surface area contributed by atoms with Crippen LogP contribution in [0.25, 0.3) is 0 Å². The smallest absolute Gasteiger partial charge is 0.243 e. The van der Waals surface area contributed by atoms with E-state index in [2.05, 4.69) is 20.9 Å². The van der Waals surface area contributed by atoms with Crippen LogP contribution in [-0.2, 0) is 23.1 Å². The molecule has 0 bridgehead atoms. The Labute approximate surface area is 227 Å². The van der Waals surface area contributed by atoms with E-state index in [1.807, 2.05) is 24.3 Å². The van der Waals surface area contributed by atoms with Crippen molar-refractivity contribution in [2.45, 2.75) is 18.0 Å². The molecule has 10 heteroatoms. The first-order chi connectivity index (χ1) is 16.7. The fourth-order valence-electron chi connectivity index (χ4n) is 3.21. The maximum atomic E-state index is 13.5. The van der Waals surface area contributed by atoms with Crippen LogP contribution in [0.2, 0.25) is 15.1 Å². The highest BCUT2D eigenvalue weighted by molar-refractivity contribution is 9.10. The highest BCUT2D eigenvalue weighted by Gasteiger charge is 2.26. The molecule has 0 aliphatic rings. The zero-order chi connectivity index (χ0) is 25.0. The second-order valence-corrected chi connectivity index (χ2v) is 11.6. The monoisotopic (exact) mass is 610 g/mol. The average molecular weight is 613 g/mol. The molecule has 0 spiro atoms. The number of halogens is 4. The van der Waals surface area contributed by atoms with E-state index < -0.39 is 10.0 Å². The average Bonchev–Trinajstić information content (AvgIpc) is 3.28. The fraction of sp³-hybridized carbons (Fsp3) is 0.0800. The summed E-state index contributed by atoms with van der Waals surface area (Å²) in [5.41, 5.74) is 1.44. The number of nitrogens with zero attached hydrogens (tertiary/aromatic N) is 2. The third-order valence-corrected chi connectivity index (χ3v) is 8.30. The van der Waals surface area contributed by atoms with Gasteiger partial charge in [0.2, 0.25) is 10.0 Å². The quantitative estimate of drug-likeness (QED) is 0.189. The minimum Gasteiger partial charge on any atom is -0.459 e. The molecular weight excluding hydrogens is 595 g/mol. The van der Waals surface area contributed by atoms with Crippen molar-refractivity contribution in [1.82, 2.24) is 4.31 Å². The van der Waals surface area contributed by atoms with Crippen LogP contribution in [0, 0.1) is 0 Å². The predicted octanol–water partition coefficient (Wildman–Crippen LogP) is 8.14. The summed E-state index contributed by atoms with van der Waals surface area (Å²) in [6, 6.07) is 22.0. The van der Waals surface area contributed by atoms with Gasteiger partial charge < -0.3 is 4.42 Å². The lowest BCUT2D eigenvalue weighted by Crippen LogP contribution is -2.30. The van der Waals surface area contributed by atoms with Crippen molar-refractivity contribution in [3.05, 3.63) is 115 Å². The molecule has 1 heterocycles. The van der Waals surface area contributed by atoms with Crippen LogP contribution < -0.4 is 0 Å². The number of aliphatic imine (C=N–C) groups is 1. The Morgan fingerprint density at radius 3 is 2.26 bits per heavy atom. The Kier molecular flexibility index (Phi) is 8.37. The summed E-state index contributed by atoms with van der Waals surface area (Å²) in [6.45, 7) is 0.0577. The maximum Gasteiger partial charge on any atom is 0.243 e. The van der Waals surface area contributed by atoms with Gasteiger partial charge in [0.15, 0.2) is 0 Å². The largest absolute Gasteiger partial charge is 0.459 e. The van der Waals surface area contributed by atoms with Gasteiger partial charge in [-0.05, 0) is 78.4 Å². The lowest BCUT2D eigenvalue weighted by atomic mass is 10.2. The Hall–Kier alpha value is -2.13. The van der Waals surface area contributed by atoms with E-state index in [0.29, 0.717) is 32.2 Å². The van der Waals surface area contributed by atoms with Crippen molar-refractivity contribution in [3.8, 4) is 0 Å². The van der Waals surface area contributed by atoms with Crippen molar-refractivity contribution in [2.24, 2.45) is 4.99 Å². The number of hydrogen-bond donors (Lipinski definition) is 0. The molecule has 0 unspecified atom stereocenters. The summed E-state index contributed by atoms with van der Waals surface area (Å²) >= 11 is 21.5. The summed E-state index contributed by atoms with van der Waals surface area (Å²) in [5, 5.41) is 1.18. The van der Waals surface area contributed by atoms with E-state index in [-0.39, 0.29) is 18.0 Å². The van der Waals surface area contributed by atoms with E-state index in [9.17, 15) is 8.42 Å². The van der Waals surface area contributed by atoms with Gasteiger partial charge in [0.1, 0.15) is 11.5 Å². The van der Waals surface area contributed by atoms with E-state index in [0.717, 1.165) is 10.2 Å². The van der Waals surface area contributed by atoms with Crippen LogP contribution in [0.5, 0.6) is 0 Å². The Bertz CT molecular complexity index is 1450. The molecule has 0 fully saturated rings. The Balaban J connectivity index is 1.60. The summed E-state index contributed by atoms with van der Waals surface area (Å²) < 4.78 is 35.1. The van der Waals surface area contributed by atoms with Gasteiger partial charge >= 0.3 is 0 Å². The first-order valence-electron chi connectivity index (χ1n) is 10.3. The number of furan rings is 1. The molecule has 3 aromatic carbocycles. The predicted molar refractivity (Wildman–Crippen MR) is 144 cm³/mol. The van der Waals surface area contributed by atoms with E-state index in [1.165, 1.54) is 28.6 Å². The molecule has 0 atom stereocenters. The first kappa shape index (κ1) is 25.9. The number of rotatable bonds is 8. The zero-order valence-corrected chi connectivity index (χ0v) is 22.7. The minimum absolute atomic E-state index is 0.00265. The van der Waals surface area contributed by atoms with Gasteiger partial charge in [-0.25, -0.2) is 8.42 Å². The summed E-state index contributed by atoms with van der Waals surface area (Å²) in [4.78, 5) is 4.51. The lowest BCUT2D eigenvalue weighted by molar-refractivity contribution is 0.357. The van der Waals surface area contributed by atoms with Crippen molar-refractivity contribution in [2.75, 3.05) is 0 Å². The SMILES string of the molecule is O=S(=O)(c1ccc(Cl)cc1)N(Cc1ccc(Cl)c(Cl)c1)Cc1ccc(C=Nc2ccc(Br)cc2)o1. The van der Waals surface area contributed by atoms with Gasteiger partial charge in [-0.15, -0.1) is 0 Å². The van der Waals surface area contributed by atoms with Crippen molar-refractivity contribution in [3.63, 3.8) is 0 Å². The standard InChI is InChI=1S/C25H18BrCl3N2O3S/c26-18-2-6-20(7-3-18)30-14-21-8-9-22(34-21)16-31(15-17-1-12-24(28)25(29)13-17)35(32,33)23-10-4-19(27)5-11-23/h1-14H,15-16H2. The lowest BCUT2D eigenvalue weighted by Gasteiger charge is -2.22. The molecule has 1 aromatic heterocycles. The van der Waals surface area contributed by atoms with Crippen molar-refractivity contribution >= 4 is 72.7 Å². The molecular formula is C25H18BrCl3N2O3S. The summed E-state index contributed by atoms with van der Waals surface area (Å²) in [6.07, 6.45) is 1.59. The minimum atomic E-state index is -3.89. The van der Waals surface area contributed by atoms with Crippen LogP contribution in [0.1, 0.15) is 17.1 Å². The molecule has 4 rings (SSSR count). The second-order valence-electron chi connectivity index (χ2n) is 7.51. The topological polar surface area (TPSA) is 62.9 Å². The van der Waals surface area contributed by atoms with Crippen molar-refractivity contribution < 1.29 is 12.8 Å². The van der Waals surface area contributed by atoms with Gasteiger partial charge in [0.25, 0.3) is 0 Å². The highest BCUT2D eigenvalue weighted by Crippen LogP contribution is 2.27. The third-order valence-electron chi connectivity index (χ3n) is 4.98. The fourth-order valence-corrected chi connectivity index (χ4v) is 5.32. The molecule has 4 aromatic rings. The maximum absolute atomic E-state index is 13.5. The van der Waals surface area contributed by atoms with Gasteiger partial charge in [-0.2, -0.15) is 4.31 Å². The highest BCUT2D eigenvalue weighted by atomic mass is 79.9. The number of sulfonamides is 1. The Morgan fingerprint density at radius 1 is 0.857 bits per heavy atom. The van der Waals surface area contributed by atoms with Crippen LogP contribution >= 0.6 is 50.7 Å². The Morgan fingerprint density at radius 2 is 1.57 bits per heavy atom. The van der Waals surface area contributed by atoms with Crippen LogP contribution in [0.4, 0.5) is 5.69 Å². The number of benzene rings is 3. The van der Waals surface area contributed by atoms with E-state index >= 15 is 0 Å².